The van der Waals surface area contributed by atoms with E-state index in [0.29, 0.717) is 46.7 Å². The SMILES string of the molecule is Cc1cc(-c2cnc(N(Cc3c(F)ccc4c3CCO4)C(=O)OC(C)(C)C)c3c2CC(=O)N(C(=O)OC(C)(C)C)C3)n(C)n1. The molecule has 11 nitrogen and oxygen atoms in total. The van der Waals surface area contributed by atoms with Gasteiger partial charge in [0.25, 0.3) is 0 Å². The van der Waals surface area contributed by atoms with Gasteiger partial charge in [0.05, 0.1) is 37.5 Å². The molecule has 44 heavy (non-hydrogen) atoms. The first-order valence-electron chi connectivity index (χ1n) is 14.5. The first-order valence-corrected chi connectivity index (χ1v) is 14.5. The molecular formula is C32H38FN5O6. The summed E-state index contributed by atoms with van der Waals surface area (Å²) < 4.78 is 34.1. The lowest BCUT2D eigenvalue weighted by molar-refractivity contribution is -0.130. The van der Waals surface area contributed by atoms with Gasteiger partial charge in [0.1, 0.15) is 28.6 Å². The number of rotatable bonds is 4. The number of amides is 3. The van der Waals surface area contributed by atoms with Crippen molar-refractivity contribution < 1.29 is 33.0 Å². The van der Waals surface area contributed by atoms with E-state index in [1.165, 1.54) is 11.0 Å². The number of carbonyl (C=O) groups is 3. The molecule has 3 amide bonds. The zero-order chi connectivity index (χ0) is 32.1. The summed E-state index contributed by atoms with van der Waals surface area (Å²) in [6, 6.07) is 4.76. The predicted octanol–water partition coefficient (Wildman–Crippen LogP) is 5.63. The van der Waals surface area contributed by atoms with Crippen LogP contribution in [0.25, 0.3) is 11.3 Å². The Hall–Kier alpha value is -4.48. The Morgan fingerprint density at radius 3 is 2.41 bits per heavy atom. The Labute approximate surface area is 255 Å². The second-order valence-electron chi connectivity index (χ2n) is 13.1. The molecule has 234 valence electrons. The standard InChI is InChI=1S/C32H38FN5O6/c1-18-13-25(36(8)35-18)21-15-34-28(23-17-37(27(39)14-20(21)23)29(40)43-31(2,3)4)38(30(41)44-32(5,6)7)16-22-19-11-12-42-26(19)10-9-24(22)33/h9-10,13,15H,11-12,14,16-17H2,1-8H3. The summed E-state index contributed by atoms with van der Waals surface area (Å²) in [5.41, 5.74) is 2.37. The van der Waals surface area contributed by atoms with Crippen LogP contribution >= 0.6 is 0 Å². The number of carbonyl (C=O) groups excluding carboxylic acids is 3. The van der Waals surface area contributed by atoms with E-state index in [0.717, 1.165) is 10.6 Å². The minimum atomic E-state index is -0.875. The quantitative estimate of drug-likeness (QED) is 0.375. The number of fused-ring (bicyclic) bond motifs is 2. The van der Waals surface area contributed by atoms with Crippen molar-refractivity contribution in [2.45, 2.75) is 85.6 Å². The highest BCUT2D eigenvalue weighted by atomic mass is 19.1. The van der Waals surface area contributed by atoms with E-state index in [-0.39, 0.29) is 30.9 Å². The molecular weight excluding hydrogens is 569 g/mol. The van der Waals surface area contributed by atoms with E-state index in [4.69, 9.17) is 19.2 Å². The average molecular weight is 608 g/mol. The van der Waals surface area contributed by atoms with Crippen LogP contribution in [0.1, 0.15) is 69.5 Å². The molecule has 0 N–H and O–H groups in total. The van der Waals surface area contributed by atoms with Crippen LogP contribution in [0.2, 0.25) is 0 Å². The Balaban J connectivity index is 1.69. The molecule has 1 aromatic carbocycles. The molecule has 0 unspecified atom stereocenters. The van der Waals surface area contributed by atoms with Crippen molar-refractivity contribution in [1.29, 1.82) is 0 Å². The Morgan fingerprint density at radius 1 is 1.07 bits per heavy atom. The number of anilines is 1. The predicted molar refractivity (Wildman–Crippen MR) is 160 cm³/mol. The van der Waals surface area contributed by atoms with Crippen LogP contribution < -0.4 is 9.64 Å². The molecule has 3 aromatic rings. The highest BCUT2D eigenvalue weighted by molar-refractivity contribution is 5.97. The third kappa shape index (κ3) is 6.24. The van der Waals surface area contributed by atoms with Crippen LogP contribution in [0.4, 0.5) is 19.8 Å². The number of nitrogens with zero attached hydrogens (tertiary/aromatic N) is 5. The van der Waals surface area contributed by atoms with Gasteiger partial charge in [-0.25, -0.2) is 23.9 Å². The minimum Gasteiger partial charge on any atom is -0.493 e. The molecule has 5 rings (SSSR count). The van der Waals surface area contributed by atoms with E-state index >= 15 is 4.39 Å². The Bertz CT molecular complexity index is 1650. The molecule has 2 aliphatic rings. The van der Waals surface area contributed by atoms with E-state index in [1.807, 2.05) is 13.0 Å². The number of benzene rings is 1. The molecule has 0 aliphatic carbocycles. The second kappa shape index (κ2) is 11.2. The van der Waals surface area contributed by atoms with Gasteiger partial charge in [0.2, 0.25) is 5.91 Å². The number of aromatic nitrogens is 3. The van der Waals surface area contributed by atoms with E-state index in [9.17, 15) is 14.4 Å². The van der Waals surface area contributed by atoms with Crippen molar-refractivity contribution in [2.24, 2.45) is 7.05 Å². The van der Waals surface area contributed by atoms with Gasteiger partial charge < -0.3 is 14.2 Å². The lowest BCUT2D eigenvalue weighted by atomic mass is 9.93. The number of imide groups is 1. The maximum absolute atomic E-state index is 15.4. The monoisotopic (exact) mass is 607 g/mol. The van der Waals surface area contributed by atoms with Crippen molar-refractivity contribution in [3.63, 3.8) is 0 Å². The molecule has 4 heterocycles. The van der Waals surface area contributed by atoms with Crippen molar-refractivity contribution in [1.82, 2.24) is 19.7 Å². The third-order valence-electron chi connectivity index (χ3n) is 7.24. The fourth-order valence-corrected chi connectivity index (χ4v) is 5.43. The average Bonchev–Trinajstić information content (AvgIpc) is 3.50. The number of aryl methyl sites for hydroxylation is 2. The summed E-state index contributed by atoms with van der Waals surface area (Å²) in [5, 5.41) is 4.45. The third-order valence-corrected chi connectivity index (χ3v) is 7.24. The molecule has 0 atom stereocenters. The highest BCUT2D eigenvalue weighted by Gasteiger charge is 2.38. The van der Waals surface area contributed by atoms with Gasteiger partial charge >= 0.3 is 12.2 Å². The van der Waals surface area contributed by atoms with Gasteiger partial charge in [0, 0.05) is 41.9 Å². The summed E-state index contributed by atoms with van der Waals surface area (Å²) in [6.45, 7) is 12.2. The summed E-state index contributed by atoms with van der Waals surface area (Å²) in [4.78, 5) is 47.5. The van der Waals surface area contributed by atoms with Gasteiger partial charge in [-0.05, 0) is 72.2 Å². The van der Waals surface area contributed by atoms with Crippen molar-refractivity contribution in [3.8, 4) is 17.0 Å². The lowest BCUT2D eigenvalue weighted by Crippen LogP contribution is -2.45. The van der Waals surface area contributed by atoms with Gasteiger partial charge in [-0.2, -0.15) is 5.10 Å². The maximum atomic E-state index is 15.4. The maximum Gasteiger partial charge on any atom is 0.417 e. The number of ether oxygens (including phenoxy) is 3. The zero-order valence-corrected chi connectivity index (χ0v) is 26.4. The van der Waals surface area contributed by atoms with E-state index in [1.54, 1.807) is 65.5 Å². The molecule has 0 saturated carbocycles. The van der Waals surface area contributed by atoms with Crippen molar-refractivity contribution in [3.05, 3.63) is 58.2 Å². The van der Waals surface area contributed by atoms with Gasteiger partial charge in [-0.15, -0.1) is 0 Å². The summed E-state index contributed by atoms with van der Waals surface area (Å²) in [7, 11) is 1.79. The summed E-state index contributed by atoms with van der Waals surface area (Å²) >= 11 is 0. The normalized spacial score (nSPS) is 14.6. The lowest BCUT2D eigenvalue weighted by Gasteiger charge is -2.34. The second-order valence-corrected chi connectivity index (χ2v) is 13.1. The van der Waals surface area contributed by atoms with Crippen LogP contribution in [0.5, 0.6) is 5.75 Å². The molecule has 12 heteroatoms. The highest BCUT2D eigenvalue weighted by Crippen LogP contribution is 2.38. The number of hydrogen-bond donors (Lipinski definition) is 0. The molecule has 2 aliphatic heterocycles. The molecule has 2 aromatic heterocycles. The molecule has 0 bridgehead atoms. The molecule has 0 saturated heterocycles. The smallest absolute Gasteiger partial charge is 0.417 e. The van der Waals surface area contributed by atoms with Crippen molar-refractivity contribution in [2.75, 3.05) is 11.5 Å². The summed E-state index contributed by atoms with van der Waals surface area (Å²) in [6.07, 6.45) is 0.333. The fraction of sp³-hybridized carbons (Fsp3) is 0.469. The van der Waals surface area contributed by atoms with Crippen LogP contribution in [-0.2, 0) is 47.2 Å². The molecule has 0 spiro atoms. The molecule has 0 radical (unpaired) electrons. The topological polar surface area (TPSA) is 116 Å². The number of pyridine rings is 1. The fourth-order valence-electron chi connectivity index (χ4n) is 5.43. The van der Waals surface area contributed by atoms with Crippen LogP contribution in [-0.4, -0.2) is 55.6 Å². The van der Waals surface area contributed by atoms with Crippen LogP contribution in [0.15, 0.2) is 24.4 Å². The number of halogens is 1. The van der Waals surface area contributed by atoms with Gasteiger partial charge in [-0.1, -0.05) is 0 Å². The first-order chi connectivity index (χ1) is 20.5. The van der Waals surface area contributed by atoms with Crippen LogP contribution in [0.3, 0.4) is 0 Å². The van der Waals surface area contributed by atoms with Crippen molar-refractivity contribution >= 4 is 23.9 Å². The van der Waals surface area contributed by atoms with Gasteiger partial charge in [-0.3, -0.25) is 14.4 Å². The number of hydrogen-bond acceptors (Lipinski definition) is 8. The minimum absolute atomic E-state index is 0.147. The van der Waals surface area contributed by atoms with Crippen LogP contribution in [0, 0.1) is 12.7 Å². The Kier molecular flexibility index (Phi) is 7.89. The summed E-state index contributed by atoms with van der Waals surface area (Å²) in [5.74, 6) is -0.251. The Morgan fingerprint density at radius 2 is 1.77 bits per heavy atom. The molecule has 0 fully saturated rings. The van der Waals surface area contributed by atoms with E-state index < -0.39 is 35.1 Å². The van der Waals surface area contributed by atoms with E-state index in [2.05, 4.69) is 5.10 Å². The van der Waals surface area contributed by atoms with Gasteiger partial charge in [0.15, 0.2) is 0 Å². The zero-order valence-electron chi connectivity index (χ0n) is 26.4. The first kappa shape index (κ1) is 31.0. The largest absolute Gasteiger partial charge is 0.493 e.